The number of aromatic nitrogens is 3. The summed E-state index contributed by atoms with van der Waals surface area (Å²) in [6.07, 6.45) is 4.94. The van der Waals surface area contributed by atoms with Gasteiger partial charge in [-0.3, -0.25) is 14.2 Å². The maximum Gasteiger partial charge on any atom is 0.352 e. The van der Waals surface area contributed by atoms with Crippen molar-refractivity contribution >= 4 is 5.91 Å². The van der Waals surface area contributed by atoms with E-state index in [1.807, 2.05) is 19.1 Å². The van der Waals surface area contributed by atoms with Crippen LogP contribution in [0.2, 0.25) is 0 Å². The molecule has 0 bridgehead atoms. The first-order valence-corrected chi connectivity index (χ1v) is 11.2. The average Bonchev–Trinajstić information content (AvgIpc) is 2.82. The maximum atomic E-state index is 13.7. The van der Waals surface area contributed by atoms with E-state index in [0.29, 0.717) is 11.3 Å². The summed E-state index contributed by atoms with van der Waals surface area (Å²) in [5, 5.41) is 4.21. The minimum absolute atomic E-state index is 0.0314. The third kappa shape index (κ3) is 4.79. The molecule has 1 saturated carbocycles. The number of aryl methyl sites for hydroxylation is 1. The minimum Gasteiger partial charge on any atom is -0.337 e. The number of nitrogens with zero attached hydrogens (tertiary/aromatic N) is 4. The molecule has 0 spiro atoms. The second-order valence-electron chi connectivity index (χ2n) is 8.61. The van der Waals surface area contributed by atoms with Gasteiger partial charge in [-0.25, -0.2) is 9.18 Å². The van der Waals surface area contributed by atoms with Gasteiger partial charge in [-0.15, -0.1) is 0 Å². The van der Waals surface area contributed by atoms with Crippen molar-refractivity contribution in [1.29, 1.82) is 0 Å². The van der Waals surface area contributed by atoms with E-state index in [2.05, 4.69) is 5.10 Å². The molecule has 0 atom stereocenters. The highest BCUT2D eigenvalue weighted by Gasteiger charge is 2.28. The normalized spacial score (nSPS) is 14.3. The molecule has 0 saturated heterocycles. The topological polar surface area (TPSA) is 77.2 Å². The number of halogens is 1. The van der Waals surface area contributed by atoms with Gasteiger partial charge in [-0.1, -0.05) is 49.1 Å². The van der Waals surface area contributed by atoms with Crippen LogP contribution < -0.4 is 11.2 Å². The van der Waals surface area contributed by atoms with Gasteiger partial charge in [0.15, 0.2) is 0 Å². The Labute approximate surface area is 191 Å². The Balaban J connectivity index is 1.83. The van der Waals surface area contributed by atoms with E-state index in [1.54, 1.807) is 30.1 Å². The molecule has 0 radical (unpaired) electrons. The second kappa shape index (κ2) is 9.52. The SMILES string of the molecule is Cc1ccc(-n2nc(C(=O)N(C)C3CCCCC3)c(=O)n(Cc3cccc(F)c3)c2=O)cc1. The number of amides is 1. The number of rotatable bonds is 5. The van der Waals surface area contributed by atoms with Gasteiger partial charge in [-0.05, 0) is 49.6 Å². The van der Waals surface area contributed by atoms with Crippen molar-refractivity contribution in [3.8, 4) is 5.69 Å². The lowest BCUT2D eigenvalue weighted by Crippen LogP contribution is -2.48. The van der Waals surface area contributed by atoms with E-state index < -0.39 is 23.0 Å². The second-order valence-corrected chi connectivity index (χ2v) is 8.61. The average molecular weight is 451 g/mol. The highest BCUT2D eigenvalue weighted by Crippen LogP contribution is 2.22. The predicted molar refractivity (Wildman–Crippen MR) is 123 cm³/mol. The van der Waals surface area contributed by atoms with Crippen molar-refractivity contribution in [3.05, 3.63) is 92.0 Å². The molecule has 172 valence electrons. The molecule has 1 aromatic heterocycles. The minimum atomic E-state index is -0.778. The van der Waals surface area contributed by atoms with Crippen molar-refractivity contribution in [2.75, 3.05) is 7.05 Å². The molecule has 1 aliphatic carbocycles. The predicted octanol–water partition coefficient (Wildman–Crippen LogP) is 3.29. The van der Waals surface area contributed by atoms with E-state index in [1.165, 1.54) is 18.2 Å². The Morgan fingerprint density at radius 3 is 2.45 bits per heavy atom. The monoisotopic (exact) mass is 450 g/mol. The summed E-state index contributed by atoms with van der Waals surface area (Å²) in [7, 11) is 1.68. The third-order valence-electron chi connectivity index (χ3n) is 6.21. The molecule has 4 rings (SSSR count). The molecule has 8 heteroatoms. The zero-order valence-corrected chi connectivity index (χ0v) is 18.8. The Bertz CT molecular complexity index is 1270. The van der Waals surface area contributed by atoms with Crippen LogP contribution in [0.1, 0.15) is 53.7 Å². The van der Waals surface area contributed by atoms with Crippen molar-refractivity contribution in [2.24, 2.45) is 0 Å². The molecule has 33 heavy (non-hydrogen) atoms. The molecule has 3 aromatic rings. The summed E-state index contributed by atoms with van der Waals surface area (Å²) in [5.41, 5.74) is 0.0842. The van der Waals surface area contributed by atoms with Gasteiger partial charge >= 0.3 is 5.69 Å². The Morgan fingerprint density at radius 2 is 1.79 bits per heavy atom. The van der Waals surface area contributed by atoms with Crippen LogP contribution in [0.5, 0.6) is 0 Å². The highest BCUT2D eigenvalue weighted by atomic mass is 19.1. The molecular formula is C25H27FN4O3. The van der Waals surface area contributed by atoms with Crippen molar-refractivity contribution in [2.45, 2.75) is 51.6 Å². The van der Waals surface area contributed by atoms with Crippen molar-refractivity contribution in [1.82, 2.24) is 19.2 Å². The summed E-state index contributed by atoms with van der Waals surface area (Å²) < 4.78 is 15.7. The van der Waals surface area contributed by atoms with E-state index in [9.17, 15) is 18.8 Å². The fraction of sp³-hybridized carbons (Fsp3) is 0.360. The third-order valence-corrected chi connectivity index (χ3v) is 6.21. The molecule has 2 aromatic carbocycles. The van der Waals surface area contributed by atoms with Gasteiger partial charge in [0, 0.05) is 13.1 Å². The molecule has 1 fully saturated rings. The number of hydrogen-bond donors (Lipinski definition) is 0. The molecule has 0 aliphatic heterocycles. The Morgan fingerprint density at radius 1 is 1.09 bits per heavy atom. The lowest BCUT2D eigenvalue weighted by molar-refractivity contribution is 0.0684. The van der Waals surface area contributed by atoms with E-state index >= 15 is 0 Å². The number of carbonyl (C=O) groups excluding carboxylic acids is 1. The van der Waals surface area contributed by atoms with Gasteiger partial charge in [0.25, 0.3) is 11.5 Å². The van der Waals surface area contributed by atoms with Crippen LogP contribution in [0, 0.1) is 12.7 Å². The number of hydrogen-bond acceptors (Lipinski definition) is 4. The first kappa shape index (κ1) is 22.6. The molecule has 1 heterocycles. The molecule has 0 unspecified atom stereocenters. The number of benzene rings is 2. The lowest BCUT2D eigenvalue weighted by Gasteiger charge is -2.30. The van der Waals surface area contributed by atoms with Crippen LogP contribution >= 0.6 is 0 Å². The smallest absolute Gasteiger partial charge is 0.337 e. The van der Waals surface area contributed by atoms with Gasteiger partial charge in [0.05, 0.1) is 12.2 Å². The summed E-state index contributed by atoms with van der Waals surface area (Å²) >= 11 is 0. The maximum absolute atomic E-state index is 13.7. The summed E-state index contributed by atoms with van der Waals surface area (Å²) in [4.78, 5) is 41.5. The summed E-state index contributed by atoms with van der Waals surface area (Å²) in [6.45, 7) is 1.75. The van der Waals surface area contributed by atoms with Gasteiger partial charge < -0.3 is 4.90 Å². The fourth-order valence-electron chi connectivity index (χ4n) is 4.26. The van der Waals surface area contributed by atoms with Crippen LogP contribution in [-0.4, -0.2) is 38.2 Å². The lowest BCUT2D eigenvalue weighted by atomic mass is 9.94. The standard InChI is InChI=1S/C25H27FN4O3/c1-17-11-13-21(14-12-17)30-25(33)29(16-18-7-6-8-19(26)15-18)24(32)22(27-30)23(31)28(2)20-9-4-3-5-10-20/h6-8,11-15,20H,3-5,9-10,16H2,1-2H3. The van der Waals surface area contributed by atoms with Crippen molar-refractivity contribution < 1.29 is 9.18 Å². The van der Waals surface area contributed by atoms with Crippen LogP contribution in [-0.2, 0) is 6.54 Å². The highest BCUT2D eigenvalue weighted by molar-refractivity contribution is 5.91. The van der Waals surface area contributed by atoms with Crippen LogP contribution in [0.3, 0.4) is 0 Å². The zero-order chi connectivity index (χ0) is 23.5. The zero-order valence-electron chi connectivity index (χ0n) is 18.8. The molecule has 7 nitrogen and oxygen atoms in total. The molecule has 1 aliphatic rings. The fourth-order valence-corrected chi connectivity index (χ4v) is 4.26. The quantitative estimate of drug-likeness (QED) is 0.598. The molecule has 0 N–H and O–H groups in total. The summed E-state index contributed by atoms with van der Waals surface area (Å²) in [6, 6.07) is 12.8. The first-order valence-electron chi connectivity index (χ1n) is 11.2. The van der Waals surface area contributed by atoms with E-state index in [-0.39, 0.29) is 18.3 Å². The van der Waals surface area contributed by atoms with Gasteiger partial charge in [-0.2, -0.15) is 9.78 Å². The molecule has 1 amide bonds. The Kier molecular flexibility index (Phi) is 6.53. The van der Waals surface area contributed by atoms with Gasteiger partial charge in [0.2, 0.25) is 5.69 Å². The van der Waals surface area contributed by atoms with Crippen LogP contribution in [0.4, 0.5) is 4.39 Å². The van der Waals surface area contributed by atoms with Crippen LogP contribution in [0.25, 0.3) is 5.69 Å². The van der Waals surface area contributed by atoms with Crippen LogP contribution in [0.15, 0.2) is 58.1 Å². The molecular weight excluding hydrogens is 423 g/mol. The summed E-state index contributed by atoms with van der Waals surface area (Å²) in [5.74, 6) is -0.984. The largest absolute Gasteiger partial charge is 0.352 e. The van der Waals surface area contributed by atoms with Crippen molar-refractivity contribution in [3.63, 3.8) is 0 Å². The Hall–Kier alpha value is -3.55. The van der Waals surface area contributed by atoms with E-state index in [4.69, 9.17) is 0 Å². The van der Waals surface area contributed by atoms with E-state index in [0.717, 1.165) is 46.9 Å². The first-order chi connectivity index (χ1) is 15.8. The number of carbonyl (C=O) groups is 1. The van der Waals surface area contributed by atoms with Gasteiger partial charge in [0.1, 0.15) is 5.82 Å².